The summed E-state index contributed by atoms with van der Waals surface area (Å²) in [6.07, 6.45) is 0. The van der Waals surface area contributed by atoms with Gasteiger partial charge in [-0.1, -0.05) is 33.2 Å². The average molecular weight is 495 g/mol. The lowest BCUT2D eigenvalue weighted by molar-refractivity contribution is -0.115. The fraction of sp³-hybridized carbons (Fsp3) is 0.263. The average Bonchev–Trinajstić information content (AvgIpc) is 3.25. The van der Waals surface area contributed by atoms with Crippen LogP contribution in [-0.2, 0) is 9.59 Å². The smallest absolute Gasteiger partial charge is 0.238 e. The number of carbonyl (C=O) groups excluding carboxylic acids is 2. The number of carbonyl (C=O) groups is 2. The van der Waals surface area contributed by atoms with Crippen LogP contribution in [0.2, 0.25) is 0 Å². The maximum absolute atomic E-state index is 12.3. The molecule has 152 valence electrons. The predicted octanol–water partition coefficient (Wildman–Crippen LogP) is 4.88. The molecule has 2 aromatic heterocycles. The van der Waals surface area contributed by atoms with Crippen LogP contribution in [0.5, 0.6) is 0 Å². The number of anilines is 2. The molecule has 0 aliphatic carbocycles. The molecule has 2 amide bonds. The van der Waals surface area contributed by atoms with Crippen LogP contribution < -0.4 is 10.6 Å². The van der Waals surface area contributed by atoms with Gasteiger partial charge < -0.3 is 15.2 Å². The van der Waals surface area contributed by atoms with E-state index in [0.717, 1.165) is 20.6 Å². The van der Waals surface area contributed by atoms with Gasteiger partial charge in [0.15, 0.2) is 10.9 Å². The van der Waals surface area contributed by atoms with Crippen LogP contribution in [0.25, 0.3) is 11.3 Å². The summed E-state index contributed by atoms with van der Waals surface area (Å²) in [7, 11) is 0. The van der Waals surface area contributed by atoms with Crippen LogP contribution >= 0.6 is 39.0 Å². The van der Waals surface area contributed by atoms with Crippen molar-refractivity contribution >= 4 is 61.8 Å². The van der Waals surface area contributed by atoms with E-state index in [9.17, 15) is 9.59 Å². The molecule has 0 saturated heterocycles. The van der Waals surface area contributed by atoms with Crippen LogP contribution in [0.3, 0.4) is 0 Å². The zero-order valence-electron chi connectivity index (χ0n) is 16.0. The molecule has 0 saturated carbocycles. The molecule has 7 nitrogen and oxygen atoms in total. The number of aryl methyl sites for hydroxylation is 2. The van der Waals surface area contributed by atoms with Crippen molar-refractivity contribution in [3.63, 3.8) is 0 Å². The molecular formula is C19H19BrN4O3S2. The first-order valence-corrected chi connectivity index (χ1v) is 11.4. The summed E-state index contributed by atoms with van der Waals surface area (Å²) in [4.78, 5) is 30.0. The standard InChI is InChI=1S/C19H19BrN4O3S2/c1-10-8-15(24-27-10)21-18(26)12(3)28-9-16(25)22-19-23-17(11(2)29-19)13-4-6-14(20)7-5-13/h4-8,12H,9H2,1-3H3,(H,21,24,26)(H,22,23,25). The van der Waals surface area contributed by atoms with Gasteiger partial charge in [0.05, 0.1) is 16.7 Å². The molecule has 0 fully saturated rings. The van der Waals surface area contributed by atoms with Gasteiger partial charge in [0.2, 0.25) is 11.8 Å². The number of aromatic nitrogens is 2. The quantitative estimate of drug-likeness (QED) is 0.485. The Morgan fingerprint density at radius 3 is 2.62 bits per heavy atom. The van der Waals surface area contributed by atoms with Gasteiger partial charge >= 0.3 is 0 Å². The maximum Gasteiger partial charge on any atom is 0.238 e. The van der Waals surface area contributed by atoms with Crippen molar-refractivity contribution in [2.75, 3.05) is 16.4 Å². The normalized spacial score (nSPS) is 11.9. The number of hydrogen-bond acceptors (Lipinski definition) is 7. The SMILES string of the molecule is Cc1cc(NC(=O)C(C)SCC(=O)Nc2nc(-c3ccc(Br)cc3)c(C)s2)no1. The Labute approximate surface area is 184 Å². The van der Waals surface area contributed by atoms with Crippen molar-refractivity contribution in [3.05, 3.63) is 45.4 Å². The molecule has 2 heterocycles. The van der Waals surface area contributed by atoms with Crippen molar-refractivity contribution in [2.45, 2.75) is 26.0 Å². The van der Waals surface area contributed by atoms with Crippen LogP contribution in [0, 0.1) is 13.8 Å². The topological polar surface area (TPSA) is 97.1 Å². The van der Waals surface area contributed by atoms with E-state index in [1.54, 1.807) is 19.9 Å². The van der Waals surface area contributed by atoms with E-state index >= 15 is 0 Å². The van der Waals surface area contributed by atoms with E-state index in [-0.39, 0.29) is 17.6 Å². The molecule has 1 atom stereocenters. The van der Waals surface area contributed by atoms with E-state index < -0.39 is 5.25 Å². The number of hydrogen-bond donors (Lipinski definition) is 2. The van der Waals surface area contributed by atoms with Gasteiger partial charge in [-0.3, -0.25) is 9.59 Å². The van der Waals surface area contributed by atoms with Crippen LogP contribution in [0.1, 0.15) is 17.6 Å². The highest BCUT2D eigenvalue weighted by Gasteiger charge is 2.18. The summed E-state index contributed by atoms with van der Waals surface area (Å²) >= 11 is 6.08. The molecule has 0 radical (unpaired) electrons. The third-order valence-electron chi connectivity index (χ3n) is 3.87. The number of nitrogens with one attached hydrogen (secondary N) is 2. The Morgan fingerprint density at radius 2 is 1.97 bits per heavy atom. The number of thiazole rings is 1. The van der Waals surface area contributed by atoms with E-state index in [2.05, 4.69) is 36.7 Å². The Morgan fingerprint density at radius 1 is 1.24 bits per heavy atom. The molecule has 29 heavy (non-hydrogen) atoms. The van der Waals surface area contributed by atoms with Crippen LogP contribution in [0.4, 0.5) is 10.9 Å². The molecule has 10 heteroatoms. The highest BCUT2D eigenvalue weighted by atomic mass is 79.9. The molecule has 3 aromatic rings. The monoisotopic (exact) mass is 494 g/mol. The highest BCUT2D eigenvalue weighted by molar-refractivity contribution is 9.10. The molecule has 0 spiro atoms. The highest BCUT2D eigenvalue weighted by Crippen LogP contribution is 2.31. The summed E-state index contributed by atoms with van der Waals surface area (Å²) in [5.74, 6) is 0.671. The first-order chi connectivity index (χ1) is 13.8. The lowest BCUT2D eigenvalue weighted by Crippen LogP contribution is -2.25. The summed E-state index contributed by atoms with van der Waals surface area (Å²) in [5.41, 5.74) is 1.84. The van der Waals surface area contributed by atoms with Crippen molar-refractivity contribution in [3.8, 4) is 11.3 Å². The number of benzene rings is 1. The maximum atomic E-state index is 12.3. The predicted molar refractivity (Wildman–Crippen MR) is 120 cm³/mol. The Kier molecular flexibility index (Phi) is 7.09. The molecule has 1 unspecified atom stereocenters. The van der Waals surface area contributed by atoms with Gasteiger partial charge in [-0.2, -0.15) is 0 Å². The van der Waals surface area contributed by atoms with E-state index in [1.807, 2.05) is 31.2 Å². The molecule has 0 bridgehead atoms. The van der Waals surface area contributed by atoms with Crippen molar-refractivity contribution in [1.29, 1.82) is 0 Å². The Bertz CT molecular complexity index is 1020. The zero-order chi connectivity index (χ0) is 21.0. The fourth-order valence-electron chi connectivity index (χ4n) is 2.41. The van der Waals surface area contributed by atoms with E-state index in [1.165, 1.54) is 23.1 Å². The third kappa shape index (κ3) is 5.91. The second-order valence-corrected chi connectivity index (χ2v) is 9.69. The minimum Gasteiger partial charge on any atom is -0.360 e. The molecular weight excluding hydrogens is 476 g/mol. The molecule has 0 aliphatic rings. The Hall–Kier alpha value is -2.17. The van der Waals surface area contributed by atoms with E-state index in [4.69, 9.17) is 4.52 Å². The van der Waals surface area contributed by atoms with Crippen LogP contribution in [0.15, 0.2) is 39.3 Å². The number of thioether (sulfide) groups is 1. The fourth-order valence-corrected chi connectivity index (χ4v) is 4.21. The number of amides is 2. The lowest BCUT2D eigenvalue weighted by atomic mass is 10.1. The Balaban J connectivity index is 1.52. The third-order valence-corrected chi connectivity index (χ3v) is 6.43. The summed E-state index contributed by atoms with van der Waals surface area (Å²) < 4.78 is 5.91. The molecule has 2 N–H and O–H groups in total. The number of nitrogens with zero attached hydrogens (tertiary/aromatic N) is 2. The summed E-state index contributed by atoms with van der Waals surface area (Å²) in [6, 6.07) is 9.50. The number of halogens is 1. The van der Waals surface area contributed by atoms with Gasteiger partial charge in [0.25, 0.3) is 0 Å². The van der Waals surface area contributed by atoms with Crippen molar-refractivity contribution in [2.24, 2.45) is 0 Å². The van der Waals surface area contributed by atoms with Crippen molar-refractivity contribution < 1.29 is 14.1 Å². The van der Waals surface area contributed by atoms with Crippen LogP contribution in [-0.4, -0.2) is 33.0 Å². The largest absolute Gasteiger partial charge is 0.360 e. The van der Waals surface area contributed by atoms with Gasteiger partial charge in [-0.15, -0.1) is 23.1 Å². The second kappa shape index (κ2) is 9.55. The molecule has 3 rings (SSSR count). The van der Waals surface area contributed by atoms with Gasteiger partial charge in [0.1, 0.15) is 5.76 Å². The molecule has 1 aromatic carbocycles. The van der Waals surface area contributed by atoms with Gasteiger partial charge in [-0.25, -0.2) is 4.98 Å². The zero-order valence-corrected chi connectivity index (χ0v) is 19.2. The first kappa shape index (κ1) is 21.5. The van der Waals surface area contributed by atoms with E-state index in [0.29, 0.717) is 16.7 Å². The van der Waals surface area contributed by atoms with Crippen molar-refractivity contribution in [1.82, 2.24) is 10.1 Å². The van der Waals surface area contributed by atoms with Gasteiger partial charge in [0, 0.05) is 21.0 Å². The first-order valence-electron chi connectivity index (χ1n) is 8.71. The summed E-state index contributed by atoms with van der Waals surface area (Å²) in [5, 5.41) is 9.32. The number of rotatable bonds is 7. The second-order valence-electron chi connectivity index (χ2n) is 6.24. The molecule has 0 aliphatic heterocycles. The minimum atomic E-state index is -0.422. The summed E-state index contributed by atoms with van der Waals surface area (Å²) in [6.45, 7) is 5.45. The van der Waals surface area contributed by atoms with Gasteiger partial charge in [-0.05, 0) is 32.9 Å². The lowest BCUT2D eigenvalue weighted by Gasteiger charge is -2.09. The minimum absolute atomic E-state index is 0.138.